The van der Waals surface area contributed by atoms with Gasteiger partial charge in [0.1, 0.15) is 16.4 Å². The van der Waals surface area contributed by atoms with E-state index in [0.717, 1.165) is 5.56 Å². The lowest BCUT2D eigenvalue weighted by molar-refractivity contribution is 0.464. The van der Waals surface area contributed by atoms with Gasteiger partial charge in [-0.2, -0.15) is 0 Å². The molecule has 0 atom stereocenters. The van der Waals surface area contributed by atoms with Crippen molar-refractivity contribution in [3.63, 3.8) is 0 Å². The van der Waals surface area contributed by atoms with Crippen molar-refractivity contribution < 1.29 is 13.2 Å². The fourth-order valence-electron chi connectivity index (χ4n) is 1.62. The topological polar surface area (TPSA) is 95.4 Å². The highest BCUT2D eigenvalue weighted by Gasteiger charge is 2.16. The van der Waals surface area contributed by atoms with Gasteiger partial charge in [0.2, 0.25) is 10.0 Å². The van der Waals surface area contributed by atoms with E-state index in [1.807, 2.05) is 19.1 Å². The zero-order chi connectivity index (χ0) is 14.0. The van der Waals surface area contributed by atoms with Crippen molar-refractivity contribution in [2.75, 3.05) is 5.73 Å². The maximum absolute atomic E-state index is 11.5. The Morgan fingerprint density at radius 3 is 2.37 bits per heavy atom. The largest absolute Gasteiger partial charge is 0.456 e. The zero-order valence-electron chi connectivity index (χ0n) is 10.3. The Hall–Kier alpha value is -2.05. The Bertz CT molecular complexity index is 712. The van der Waals surface area contributed by atoms with Gasteiger partial charge in [0.15, 0.2) is 0 Å². The van der Waals surface area contributed by atoms with Crippen molar-refractivity contribution in [1.82, 2.24) is 0 Å². The highest BCUT2D eigenvalue weighted by molar-refractivity contribution is 7.89. The highest BCUT2D eigenvalue weighted by Crippen LogP contribution is 2.31. The molecule has 0 aliphatic carbocycles. The molecule has 0 saturated heterocycles. The Balaban J connectivity index is 2.50. The van der Waals surface area contributed by atoms with Gasteiger partial charge in [0.25, 0.3) is 0 Å². The van der Waals surface area contributed by atoms with E-state index in [-0.39, 0.29) is 10.6 Å². The van der Waals surface area contributed by atoms with Crippen LogP contribution in [0.2, 0.25) is 0 Å². The third kappa shape index (κ3) is 3.04. The van der Waals surface area contributed by atoms with E-state index in [4.69, 9.17) is 15.6 Å². The molecular formula is C13H14N2O3S. The van der Waals surface area contributed by atoms with Gasteiger partial charge in [-0.25, -0.2) is 13.6 Å². The molecule has 100 valence electrons. The van der Waals surface area contributed by atoms with Gasteiger partial charge in [-0.3, -0.25) is 0 Å². The normalized spacial score (nSPS) is 11.3. The smallest absolute Gasteiger partial charge is 0.241 e. The maximum atomic E-state index is 11.5. The summed E-state index contributed by atoms with van der Waals surface area (Å²) in [6.45, 7) is 1.86. The molecule has 5 nitrogen and oxygen atoms in total. The summed E-state index contributed by atoms with van der Waals surface area (Å²) in [6.07, 6.45) is 0. The second-order valence-corrected chi connectivity index (χ2v) is 5.65. The molecule has 0 amide bonds. The average Bonchev–Trinajstić information content (AvgIpc) is 2.33. The van der Waals surface area contributed by atoms with E-state index in [1.54, 1.807) is 18.2 Å². The predicted octanol–water partition coefficient (Wildman–Crippen LogP) is 2.02. The lowest BCUT2D eigenvalue weighted by Gasteiger charge is -2.12. The summed E-state index contributed by atoms with van der Waals surface area (Å²) in [5.74, 6) is 0.725. The number of hydrogen-bond acceptors (Lipinski definition) is 4. The van der Waals surface area contributed by atoms with Crippen LogP contribution in [0.4, 0.5) is 5.69 Å². The first kappa shape index (κ1) is 13.4. The second kappa shape index (κ2) is 4.91. The van der Waals surface area contributed by atoms with Gasteiger partial charge in [-0.15, -0.1) is 0 Å². The van der Waals surface area contributed by atoms with E-state index in [9.17, 15) is 8.42 Å². The summed E-state index contributed by atoms with van der Waals surface area (Å²) in [4.78, 5) is -0.129. The van der Waals surface area contributed by atoms with E-state index >= 15 is 0 Å². The average molecular weight is 278 g/mol. The minimum absolute atomic E-state index is 0.129. The van der Waals surface area contributed by atoms with Gasteiger partial charge >= 0.3 is 0 Å². The van der Waals surface area contributed by atoms with E-state index in [0.29, 0.717) is 11.4 Å². The van der Waals surface area contributed by atoms with Crippen LogP contribution in [0.3, 0.4) is 0 Å². The van der Waals surface area contributed by atoms with Gasteiger partial charge in [0, 0.05) is 5.69 Å². The van der Waals surface area contributed by atoms with E-state index in [1.165, 1.54) is 12.1 Å². The quantitative estimate of drug-likeness (QED) is 0.839. The molecule has 4 N–H and O–H groups in total. The summed E-state index contributed by atoms with van der Waals surface area (Å²) in [5, 5.41) is 5.15. The molecule has 0 aliphatic rings. The first-order valence-electron chi connectivity index (χ1n) is 5.54. The zero-order valence-corrected chi connectivity index (χ0v) is 11.1. The third-order valence-corrected chi connectivity index (χ3v) is 3.52. The molecule has 2 aromatic rings. The molecule has 0 heterocycles. The third-order valence-electron chi connectivity index (χ3n) is 2.59. The van der Waals surface area contributed by atoms with Crippen LogP contribution in [-0.4, -0.2) is 8.42 Å². The molecule has 6 heteroatoms. The van der Waals surface area contributed by atoms with Crippen LogP contribution in [-0.2, 0) is 10.0 Å². The molecule has 2 rings (SSSR count). The number of aryl methyl sites for hydroxylation is 1. The number of nitrogen functional groups attached to an aromatic ring is 1. The SMILES string of the molecule is Cc1ccccc1Oc1ccc(N)cc1S(N)(=O)=O. The Kier molecular flexibility index (Phi) is 3.46. The first-order valence-corrected chi connectivity index (χ1v) is 7.08. The van der Waals surface area contributed by atoms with Gasteiger partial charge in [-0.05, 0) is 36.8 Å². The number of sulfonamides is 1. The molecular weight excluding hydrogens is 264 g/mol. The van der Waals surface area contributed by atoms with Crippen molar-refractivity contribution in [2.45, 2.75) is 11.8 Å². The van der Waals surface area contributed by atoms with Crippen LogP contribution in [0.1, 0.15) is 5.56 Å². The van der Waals surface area contributed by atoms with Gasteiger partial charge in [-0.1, -0.05) is 18.2 Å². The van der Waals surface area contributed by atoms with Crippen LogP contribution < -0.4 is 15.6 Å². The number of anilines is 1. The maximum Gasteiger partial charge on any atom is 0.241 e. The number of benzene rings is 2. The van der Waals surface area contributed by atoms with Crippen molar-refractivity contribution in [2.24, 2.45) is 5.14 Å². The first-order chi connectivity index (χ1) is 8.88. The molecule has 0 fully saturated rings. The van der Waals surface area contributed by atoms with Crippen molar-refractivity contribution in [1.29, 1.82) is 0 Å². The highest BCUT2D eigenvalue weighted by atomic mass is 32.2. The molecule has 0 aromatic heterocycles. The summed E-state index contributed by atoms with van der Waals surface area (Å²) in [5.41, 5.74) is 6.77. The molecule has 0 spiro atoms. The molecule has 2 aromatic carbocycles. The number of hydrogen-bond donors (Lipinski definition) is 2. The molecule has 0 radical (unpaired) electrons. The lowest BCUT2D eigenvalue weighted by atomic mass is 10.2. The minimum Gasteiger partial charge on any atom is -0.456 e. The summed E-state index contributed by atoms with van der Waals surface area (Å²) in [6, 6.07) is 11.6. The number of para-hydroxylation sites is 1. The molecule has 0 unspecified atom stereocenters. The van der Waals surface area contributed by atoms with Crippen LogP contribution in [0.25, 0.3) is 0 Å². The minimum atomic E-state index is -3.89. The number of rotatable bonds is 3. The molecule has 0 bridgehead atoms. The van der Waals surface area contributed by atoms with Crippen molar-refractivity contribution >= 4 is 15.7 Å². The van der Waals surface area contributed by atoms with Crippen LogP contribution in [0.5, 0.6) is 11.5 Å². The molecule has 19 heavy (non-hydrogen) atoms. The molecule has 0 saturated carbocycles. The fraction of sp³-hybridized carbons (Fsp3) is 0.0769. The van der Waals surface area contributed by atoms with Crippen molar-refractivity contribution in [3.05, 3.63) is 48.0 Å². The Labute approximate surface area is 111 Å². The second-order valence-electron chi connectivity index (χ2n) is 4.12. The van der Waals surface area contributed by atoms with Gasteiger partial charge < -0.3 is 10.5 Å². The van der Waals surface area contributed by atoms with E-state index in [2.05, 4.69) is 0 Å². The van der Waals surface area contributed by atoms with Gasteiger partial charge in [0.05, 0.1) is 0 Å². The van der Waals surface area contributed by atoms with Crippen molar-refractivity contribution in [3.8, 4) is 11.5 Å². The van der Waals surface area contributed by atoms with E-state index < -0.39 is 10.0 Å². The molecule has 0 aliphatic heterocycles. The lowest BCUT2D eigenvalue weighted by Crippen LogP contribution is -2.13. The number of nitrogens with two attached hydrogens (primary N) is 2. The van der Waals surface area contributed by atoms with Crippen LogP contribution >= 0.6 is 0 Å². The Morgan fingerprint density at radius 2 is 1.74 bits per heavy atom. The van der Waals surface area contributed by atoms with Crippen LogP contribution in [0.15, 0.2) is 47.4 Å². The van der Waals surface area contributed by atoms with Crippen LogP contribution in [0, 0.1) is 6.92 Å². The predicted molar refractivity (Wildman–Crippen MR) is 73.5 cm³/mol. The number of ether oxygens (including phenoxy) is 1. The standard InChI is InChI=1S/C13H14N2O3S/c1-9-4-2-3-5-11(9)18-12-7-6-10(14)8-13(12)19(15,16)17/h2-8H,14H2,1H3,(H2,15,16,17). The summed E-state index contributed by atoms with van der Waals surface area (Å²) in [7, 11) is -3.89. The Morgan fingerprint density at radius 1 is 1.05 bits per heavy atom. The fourth-order valence-corrected chi connectivity index (χ4v) is 2.31. The number of primary sulfonamides is 1. The summed E-state index contributed by atoms with van der Waals surface area (Å²) >= 11 is 0. The monoisotopic (exact) mass is 278 g/mol. The summed E-state index contributed by atoms with van der Waals surface area (Å²) < 4.78 is 28.7.